The van der Waals surface area contributed by atoms with Crippen molar-refractivity contribution in [3.05, 3.63) is 75.8 Å². The van der Waals surface area contributed by atoms with Crippen LogP contribution in [-0.2, 0) is 25.2 Å². The van der Waals surface area contributed by atoms with Gasteiger partial charge < -0.3 is 25.2 Å². The Labute approximate surface area is 303 Å². The van der Waals surface area contributed by atoms with E-state index in [0.717, 1.165) is 42.1 Å². The van der Waals surface area contributed by atoms with Gasteiger partial charge in [0.25, 0.3) is 0 Å². The van der Waals surface area contributed by atoms with E-state index in [1.54, 1.807) is 24.3 Å². The Bertz CT molecular complexity index is 1280. The van der Waals surface area contributed by atoms with Gasteiger partial charge in [-0.25, -0.2) is 9.59 Å². The first-order valence-corrected chi connectivity index (χ1v) is 18.3. The zero-order chi connectivity index (χ0) is 37.6. The molecule has 2 aromatic rings. The van der Waals surface area contributed by atoms with E-state index in [-0.39, 0.29) is 10.8 Å². The molecule has 2 aromatic carbocycles. The maximum absolute atomic E-state index is 11.3. The maximum Gasteiger partial charge on any atom is 0.344 e. The molecule has 0 fully saturated rings. The summed E-state index contributed by atoms with van der Waals surface area (Å²) in [5.41, 5.74) is 2.77. The number of halogens is 1. The molecule has 0 aliphatic carbocycles. The number of allylic oxidation sites excluding steroid dienone is 2. The van der Waals surface area contributed by atoms with Crippen LogP contribution in [-0.4, -0.2) is 44.4 Å². The van der Waals surface area contributed by atoms with Gasteiger partial charge >= 0.3 is 17.9 Å². The number of aliphatic hydroxyl groups is 1. The number of benzene rings is 2. The first-order chi connectivity index (χ1) is 23.0. The summed E-state index contributed by atoms with van der Waals surface area (Å²) < 4.78 is 6.70. The van der Waals surface area contributed by atoms with E-state index in [4.69, 9.17) is 20.1 Å². The summed E-state index contributed by atoms with van der Waals surface area (Å²) >= 11 is 3.20. The molecule has 2 rings (SSSR count). The molecule has 0 radical (unpaired) electrons. The van der Waals surface area contributed by atoms with Crippen molar-refractivity contribution in [2.24, 2.45) is 0 Å². The number of hydrogen-bond donors (Lipinski definition) is 4. The van der Waals surface area contributed by atoms with Crippen LogP contribution in [0.2, 0.25) is 0 Å². The highest BCUT2D eigenvalue weighted by Crippen LogP contribution is 2.39. The zero-order valence-corrected chi connectivity index (χ0v) is 32.5. The van der Waals surface area contributed by atoms with Crippen LogP contribution in [0.15, 0.2) is 59.1 Å². The minimum absolute atomic E-state index is 0.0635. The molecule has 0 amide bonds. The number of rotatable bonds is 19. The minimum Gasteiger partial charge on any atom is -0.481 e. The third-order valence-corrected chi connectivity index (χ3v) is 9.27. The molecule has 8 nitrogen and oxygen atoms in total. The number of hydrogen-bond acceptors (Lipinski definition) is 5. The van der Waals surface area contributed by atoms with Crippen molar-refractivity contribution >= 4 is 33.8 Å². The Kier molecular flexibility index (Phi) is 22.5. The molecule has 0 saturated carbocycles. The summed E-state index contributed by atoms with van der Waals surface area (Å²) in [6.07, 6.45) is 12.8. The highest BCUT2D eigenvalue weighted by molar-refractivity contribution is 9.10. The Hall–Kier alpha value is -3.17. The van der Waals surface area contributed by atoms with Crippen LogP contribution < -0.4 is 4.74 Å². The molecule has 0 saturated heterocycles. The first-order valence-electron chi connectivity index (χ1n) is 17.5. The van der Waals surface area contributed by atoms with Crippen LogP contribution in [0.3, 0.4) is 0 Å². The number of aliphatic carboxylic acids is 3. The third-order valence-electron chi connectivity index (χ3n) is 8.75. The van der Waals surface area contributed by atoms with Crippen LogP contribution in [0, 0.1) is 0 Å². The molecule has 0 spiro atoms. The smallest absolute Gasteiger partial charge is 0.344 e. The number of unbranched alkanes of at least 4 members (excludes halogenated alkanes) is 5. The highest BCUT2D eigenvalue weighted by Gasteiger charge is 2.28. The lowest BCUT2D eigenvalue weighted by molar-refractivity contribution is -0.147. The van der Waals surface area contributed by atoms with Crippen molar-refractivity contribution < 1.29 is 39.5 Å². The number of ether oxygens (including phenoxy) is 1. The molecule has 0 aliphatic heterocycles. The fourth-order valence-electron chi connectivity index (χ4n) is 4.52. The van der Waals surface area contributed by atoms with Gasteiger partial charge in [-0.1, -0.05) is 127 Å². The van der Waals surface area contributed by atoms with E-state index in [1.807, 2.05) is 13.0 Å². The monoisotopic (exact) mass is 748 g/mol. The Morgan fingerprint density at radius 1 is 0.776 bits per heavy atom. The van der Waals surface area contributed by atoms with Crippen molar-refractivity contribution in [3.8, 4) is 5.75 Å². The van der Waals surface area contributed by atoms with Crippen molar-refractivity contribution in [1.82, 2.24) is 0 Å². The number of aliphatic hydroxyl groups excluding tert-OH is 1. The van der Waals surface area contributed by atoms with Crippen molar-refractivity contribution in [2.45, 2.75) is 149 Å². The number of carboxylic acids is 3. The summed E-state index contributed by atoms with van der Waals surface area (Å²) in [7, 11) is 0. The standard InChI is InChI=1S/C20H32O3.C12H22O2.C8H7BrO3/c1-8-16(18(21)22)23-17-12-11-14(19(4,5)9-2)13-15(17)20(6,7)10-3;1-2-3-4-5-6-7-8-9-10-11-12(13)14;9-6-3-1-5(2-4-6)7(10)8(11)12/h11-13,16H,8-10H2,1-7H3,(H,21,22);7-8H,2-6,9-11H2,1H3,(H,13,14);1-4,7,10H,(H,11,12)/b;8-7-;/t;;7-/m..0/s1. The second-order valence-corrected chi connectivity index (χ2v) is 14.4. The first kappa shape index (κ1) is 45.8. The van der Waals surface area contributed by atoms with Gasteiger partial charge in [0.1, 0.15) is 5.75 Å². The molecule has 1 unspecified atom stereocenters. The second kappa shape index (κ2) is 24.1. The summed E-state index contributed by atoms with van der Waals surface area (Å²) in [4.78, 5) is 31.8. The van der Waals surface area contributed by atoms with Crippen LogP contribution in [0.25, 0.3) is 0 Å². The average molecular weight is 750 g/mol. The molecule has 4 N–H and O–H groups in total. The summed E-state index contributed by atoms with van der Waals surface area (Å²) in [5.74, 6) is -2.15. The van der Waals surface area contributed by atoms with E-state index in [0.29, 0.717) is 24.2 Å². The van der Waals surface area contributed by atoms with Crippen molar-refractivity contribution in [3.63, 3.8) is 0 Å². The lowest BCUT2D eigenvalue weighted by Gasteiger charge is -2.31. The molecule has 9 heteroatoms. The van der Waals surface area contributed by atoms with Crippen molar-refractivity contribution in [1.29, 1.82) is 0 Å². The van der Waals surface area contributed by atoms with Crippen molar-refractivity contribution in [2.75, 3.05) is 0 Å². The van der Waals surface area contributed by atoms with Crippen LogP contribution in [0.4, 0.5) is 0 Å². The van der Waals surface area contributed by atoms with Crippen LogP contribution >= 0.6 is 15.9 Å². The Balaban J connectivity index is 0.000000759. The highest BCUT2D eigenvalue weighted by atomic mass is 79.9. The average Bonchev–Trinajstić information content (AvgIpc) is 3.06. The fraction of sp³-hybridized carbons (Fsp3) is 0.575. The van der Waals surface area contributed by atoms with Gasteiger partial charge in [-0.15, -0.1) is 0 Å². The largest absolute Gasteiger partial charge is 0.481 e. The predicted molar refractivity (Wildman–Crippen MR) is 202 cm³/mol. The molecular weight excluding hydrogens is 688 g/mol. The van der Waals surface area contributed by atoms with E-state index < -0.39 is 30.1 Å². The number of carbonyl (C=O) groups is 3. The topological polar surface area (TPSA) is 141 Å². The van der Waals surface area contributed by atoms with E-state index in [1.165, 1.54) is 31.2 Å². The van der Waals surface area contributed by atoms with E-state index >= 15 is 0 Å². The predicted octanol–water partition coefficient (Wildman–Crippen LogP) is 10.6. The second-order valence-electron chi connectivity index (χ2n) is 13.4. The number of carboxylic acid groups (broad SMARTS) is 3. The maximum atomic E-state index is 11.3. The van der Waals surface area contributed by atoms with Gasteiger partial charge in [-0.05, 0) is 85.1 Å². The Morgan fingerprint density at radius 3 is 1.82 bits per heavy atom. The SMILES string of the molecule is CCC(Oc1ccc(C(C)(C)CC)cc1C(C)(C)CC)C(=O)O.CCCCCC/C=C\CCCC(=O)O.O=C(O)[C@@H](O)c1ccc(Br)cc1. The zero-order valence-electron chi connectivity index (χ0n) is 30.9. The van der Waals surface area contributed by atoms with Gasteiger partial charge in [0, 0.05) is 16.5 Å². The molecule has 49 heavy (non-hydrogen) atoms. The third kappa shape index (κ3) is 18.4. The van der Waals surface area contributed by atoms with Crippen LogP contribution in [0.1, 0.15) is 149 Å². The van der Waals surface area contributed by atoms with Gasteiger partial charge in [0.2, 0.25) is 0 Å². The van der Waals surface area contributed by atoms with E-state index in [9.17, 15) is 19.5 Å². The quantitative estimate of drug-likeness (QED) is 0.0821. The van der Waals surface area contributed by atoms with Gasteiger partial charge in [0.15, 0.2) is 12.2 Å². The molecule has 0 aliphatic rings. The molecule has 0 heterocycles. The van der Waals surface area contributed by atoms with Gasteiger partial charge in [-0.2, -0.15) is 0 Å². The summed E-state index contributed by atoms with van der Waals surface area (Å²) in [6.45, 7) is 17.2. The fourth-order valence-corrected chi connectivity index (χ4v) is 4.79. The summed E-state index contributed by atoms with van der Waals surface area (Å²) in [5, 5.41) is 35.2. The van der Waals surface area contributed by atoms with E-state index in [2.05, 4.69) is 88.7 Å². The summed E-state index contributed by atoms with van der Waals surface area (Å²) in [6, 6.07) is 12.7. The Morgan fingerprint density at radius 2 is 1.35 bits per heavy atom. The normalized spacial score (nSPS) is 12.6. The molecular formula is C40H61BrO8. The molecule has 0 bridgehead atoms. The lowest BCUT2D eigenvalue weighted by Crippen LogP contribution is -2.28. The van der Waals surface area contributed by atoms with Gasteiger partial charge in [-0.3, -0.25) is 4.79 Å². The van der Waals surface area contributed by atoms with Crippen LogP contribution in [0.5, 0.6) is 5.75 Å². The molecule has 0 aromatic heterocycles. The molecule has 2 atom stereocenters. The lowest BCUT2D eigenvalue weighted by atomic mass is 9.76. The molecule has 276 valence electrons. The minimum atomic E-state index is -1.43. The van der Waals surface area contributed by atoms with Gasteiger partial charge in [0.05, 0.1) is 0 Å².